The monoisotopic (exact) mass is 575 g/mol. The molecule has 1 heterocycles. The second-order valence-corrected chi connectivity index (χ2v) is 14.1. The molecule has 0 bridgehead atoms. The molecule has 1 saturated carbocycles. The lowest BCUT2D eigenvalue weighted by Crippen LogP contribution is -2.41. The molecule has 11 heteroatoms. The summed E-state index contributed by atoms with van der Waals surface area (Å²) in [6.45, 7) is 1.82. The maximum Gasteiger partial charge on any atom is 0.243 e. The Morgan fingerprint density at radius 3 is 2.08 bits per heavy atom. The molecule has 1 fully saturated rings. The second kappa shape index (κ2) is 12.5. The fourth-order valence-corrected chi connectivity index (χ4v) is 8.62. The average molecular weight is 576 g/mol. The minimum absolute atomic E-state index is 0.0214. The molecular formula is C27H33N3O5S3. The van der Waals surface area contributed by atoms with Crippen LogP contribution in [0.25, 0.3) is 0 Å². The number of thiophene rings is 1. The fourth-order valence-electron chi connectivity index (χ4n) is 4.75. The predicted molar refractivity (Wildman–Crippen MR) is 150 cm³/mol. The summed E-state index contributed by atoms with van der Waals surface area (Å²) >= 11 is 1.40. The Hall–Kier alpha value is -2.57. The Morgan fingerprint density at radius 2 is 1.50 bits per heavy atom. The molecule has 0 atom stereocenters. The average Bonchev–Trinajstić information content (AvgIpc) is 3.43. The summed E-state index contributed by atoms with van der Waals surface area (Å²) in [5.41, 5.74) is 0.568. The van der Waals surface area contributed by atoms with Crippen LogP contribution in [0.1, 0.15) is 43.9 Å². The highest BCUT2D eigenvalue weighted by molar-refractivity contribution is 7.89. The lowest BCUT2D eigenvalue weighted by molar-refractivity contribution is -0.116. The standard InChI is InChI=1S/C27H33N3O5S3/c1-2-30(23-12-7-4-8-13-23)38(34,35)26-17-15-25(16-18-26)37(32,33)29(20-24-14-9-19-36-24)21-27(31)28-22-10-5-3-6-11-22/h3,5-6,9-11,14-19,23H,2,4,7-8,12-13,20-21H2,1H3,(H,28,31). The van der Waals surface area contributed by atoms with Gasteiger partial charge in [0.25, 0.3) is 0 Å². The smallest absolute Gasteiger partial charge is 0.243 e. The van der Waals surface area contributed by atoms with Crippen molar-refractivity contribution in [2.45, 2.75) is 61.4 Å². The van der Waals surface area contributed by atoms with Gasteiger partial charge in [0.2, 0.25) is 26.0 Å². The van der Waals surface area contributed by atoms with Gasteiger partial charge in [-0.2, -0.15) is 8.61 Å². The summed E-state index contributed by atoms with van der Waals surface area (Å²) in [6.07, 6.45) is 4.80. The Balaban J connectivity index is 1.57. The lowest BCUT2D eigenvalue weighted by Gasteiger charge is -2.32. The summed E-state index contributed by atoms with van der Waals surface area (Å²) in [6, 6.07) is 17.7. The van der Waals surface area contributed by atoms with Gasteiger partial charge in [-0.3, -0.25) is 4.79 Å². The molecule has 1 N–H and O–H groups in total. The molecular weight excluding hydrogens is 543 g/mol. The van der Waals surface area contributed by atoms with Crippen molar-refractivity contribution in [2.24, 2.45) is 0 Å². The van der Waals surface area contributed by atoms with Gasteiger partial charge >= 0.3 is 0 Å². The molecule has 0 aliphatic heterocycles. The number of sulfonamides is 2. The molecule has 0 spiro atoms. The molecule has 3 aromatic rings. The highest BCUT2D eigenvalue weighted by Crippen LogP contribution is 2.29. The number of nitrogens with one attached hydrogen (secondary N) is 1. The third kappa shape index (κ3) is 6.70. The van der Waals surface area contributed by atoms with Crippen molar-refractivity contribution in [3.8, 4) is 0 Å². The molecule has 2 aromatic carbocycles. The van der Waals surface area contributed by atoms with Crippen LogP contribution >= 0.6 is 11.3 Å². The molecule has 0 unspecified atom stereocenters. The molecule has 0 saturated heterocycles. The summed E-state index contributed by atoms with van der Waals surface area (Å²) in [5, 5.41) is 4.57. The van der Waals surface area contributed by atoms with Gasteiger partial charge in [-0.1, -0.05) is 50.5 Å². The van der Waals surface area contributed by atoms with E-state index in [-0.39, 0.29) is 28.9 Å². The van der Waals surface area contributed by atoms with Crippen LogP contribution in [0, 0.1) is 0 Å². The highest BCUT2D eigenvalue weighted by Gasteiger charge is 2.32. The van der Waals surface area contributed by atoms with Crippen LogP contribution < -0.4 is 5.32 Å². The molecule has 1 aliphatic carbocycles. The maximum absolute atomic E-state index is 13.6. The van der Waals surface area contributed by atoms with Crippen molar-refractivity contribution in [2.75, 3.05) is 18.4 Å². The topological polar surface area (TPSA) is 104 Å². The number of hydrogen-bond donors (Lipinski definition) is 1. The van der Waals surface area contributed by atoms with E-state index in [0.29, 0.717) is 12.2 Å². The van der Waals surface area contributed by atoms with E-state index in [1.54, 1.807) is 24.3 Å². The van der Waals surface area contributed by atoms with E-state index >= 15 is 0 Å². The zero-order valence-electron chi connectivity index (χ0n) is 21.3. The van der Waals surface area contributed by atoms with Crippen LogP contribution in [0.5, 0.6) is 0 Å². The zero-order valence-corrected chi connectivity index (χ0v) is 23.8. The maximum atomic E-state index is 13.6. The first-order valence-corrected chi connectivity index (χ1v) is 16.5. The Bertz CT molecular complexity index is 1400. The summed E-state index contributed by atoms with van der Waals surface area (Å²) in [7, 11) is -7.87. The van der Waals surface area contributed by atoms with Crippen molar-refractivity contribution >= 4 is 43.0 Å². The molecule has 204 valence electrons. The fraction of sp³-hybridized carbons (Fsp3) is 0.370. The van der Waals surface area contributed by atoms with Crippen LogP contribution in [0.4, 0.5) is 5.69 Å². The number of hydrogen-bond acceptors (Lipinski definition) is 6. The minimum atomic E-state index is -4.10. The number of nitrogens with zero attached hydrogens (tertiary/aromatic N) is 2. The number of anilines is 1. The lowest BCUT2D eigenvalue weighted by atomic mass is 9.95. The van der Waals surface area contributed by atoms with E-state index < -0.39 is 26.0 Å². The van der Waals surface area contributed by atoms with Crippen molar-refractivity contribution in [1.29, 1.82) is 0 Å². The first-order chi connectivity index (χ1) is 18.2. The molecule has 8 nitrogen and oxygen atoms in total. The number of amides is 1. The van der Waals surface area contributed by atoms with Gasteiger partial charge < -0.3 is 5.32 Å². The normalized spacial score (nSPS) is 15.1. The van der Waals surface area contributed by atoms with E-state index in [1.165, 1.54) is 39.9 Å². The van der Waals surface area contributed by atoms with Crippen molar-refractivity contribution in [1.82, 2.24) is 8.61 Å². The van der Waals surface area contributed by atoms with Gasteiger partial charge in [0.05, 0.1) is 16.3 Å². The van der Waals surface area contributed by atoms with Gasteiger partial charge in [0.15, 0.2) is 0 Å². The third-order valence-electron chi connectivity index (χ3n) is 6.65. The van der Waals surface area contributed by atoms with E-state index in [9.17, 15) is 21.6 Å². The summed E-state index contributed by atoms with van der Waals surface area (Å²) < 4.78 is 56.7. The number of rotatable bonds is 11. The first kappa shape index (κ1) is 28.4. The number of benzene rings is 2. The predicted octanol–water partition coefficient (Wildman–Crippen LogP) is 4.92. The van der Waals surface area contributed by atoms with Crippen LogP contribution in [0.15, 0.2) is 81.9 Å². The number of carbonyl (C=O) groups is 1. The Kier molecular flexibility index (Phi) is 9.37. The van der Waals surface area contributed by atoms with E-state index in [2.05, 4.69) is 5.32 Å². The van der Waals surface area contributed by atoms with Crippen molar-refractivity contribution in [3.05, 3.63) is 77.0 Å². The van der Waals surface area contributed by atoms with Crippen LogP contribution in [-0.2, 0) is 31.4 Å². The molecule has 38 heavy (non-hydrogen) atoms. The highest BCUT2D eigenvalue weighted by atomic mass is 32.2. The SMILES string of the molecule is CCN(C1CCCCC1)S(=O)(=O)c1ccc(S(=O)(=O)N(CC(=O)Nc2ccccc2)Cc2cccs2)cc1. The first-order valence-electron chi connectivity index (χ1n) is 12.7. The van der Waals surface area contributed by atoms with E-state index in [1.807, 2.05) is 30.5 Å². The van der Waals surface area contributed by atoms with Gasteiger partial charge in [-0.25, -0.2) is 16.8 Å². The zero-order chi connectivity index (χ0) is 27.2. The summed E-state index contributed by atoms with van der Waals surface area (Å²) in [5.74, 6) is -0.471. The Morgan fingerprint density at radius 1 is 0.868 bits per heavy atom. The van der Waals surface area contributed by atoms with E-state index in [4.69, 9.17) is 0 Å². The Labute approximate surface area is 229 Å². The van der Waals surface area contributed by atoms with Crippen LogP contribution in [0.2, 0.25) is 0 Å². The van der Waals surface area contributed by atoms with E-state index in [0.717, 1.165) is 41.3 Å². The molecule has 4 rings (SSSR count). The second-order valence-electron chi connectivity index (χ2n) is 9.24. The number of carbonyl (C=O) groups excluding carboxylic acids is 1. The largest absolute Gasteiger partial charge is 0.325 e. The van der Waals surface area contributed by atoms with Crippen molar-refractivity contribution in [3.63, 3.8) is 0 Å². The van der Waals surface area contributed by atoms with Gasteiger partial charge in [0.1, 0.15) is 0 Å². The number of para-hydroxylation sites is 1. The molecule has 0 radical (unpaired) electrons. The van der Waals surface area contributed by atoms with Gasteiger partial charge in [0, 0.05) is 29.7 Å². The van der Waals surface area contributed by atoms with Crippen LogP contribution in [0.3, 0.4) is 0 Å². The molecule has 1 aromatic heterocycles. The van der Waals surface area contributed by atoms with Crippen LogP contribution in [-0.4, -0.2) is 50.5 Å². The quantitative estimate of drug-likeness (QED) is 0.350. The minimum Gasteiger partial charge on any atom is -0.325 e. The third-order valence-corrected chi connectivity index (χ3v) is 11.4. The van der Waals surface area contributed by atoms with Gasteiger partial charge in [-0.05, 0) is 60.7 Å². The summed E-state index contributed by atoms with van der Waals surface area (Å²) in [4.78, 5) is 13.6. The van der Waals surface area contributed by atoms with Gasteiger partial charge in [-0.15, -0.1) is 11.3 Å². The van der Waals surface area contributed by atoms with Crippen molar-refractivity contribution < 1.29 is 21.6 Å². The molecule has 1 amide bonds. The molecule has 1 aliphatic rings.